The van der Waals surface area contributed by atoms with Gasteiger partial charge in [0.05, 0.1) is 22.8 Å². The van der Waals surface area contributed by atoms with Crippen LogP contribution in [0.4, 0.5) is 5.69 Å². The van der Waals surface area contributed by atoms with E-state index in [1.54, 1.807) is 6.07 Å². The number of piperazine rings is 1. The molecule has 0 unspecified atom stereocenters. The number of likely N-dealkylation sites (N-methyl/N-ethyl adjacent to an activating group) is 1. The Morgan fingerprint density at radius 3 is 2.38 bits per heavy atom. The smallest absolute Gasteiger partial charge is 0.267 e. The molecule has 7 nitrogen and oxygen atoms in total. The molecule has 1 aromatic carbocycles. The summed E-state index contributed by atoms with van der Waals surface area (Å²) in [6, 6.07) is 17.9. The Bertz CT molecular complexity index is 1300. The molecule has 0 radical (unpaired) electrons. The lowest BCUT2D eigenvalue weighted by Gasteiger charge is -2.34. The van der Waals surface area contributed by atoms with Crippen molar-refractivity contribution in [3.05, 3.63) is 71.1 Å². The average molecular weight is 429 g/mol. The first kappa shape index (κ1) is 20.5. The maximum atomic E-state index is 12.4. The lowest BCUT2D eigenvalue weighted by atomic mass is 10.0. The van der Waals surface area contributed by atoms with E-state index in [4.69, 9.17) is 10.2 Å². The number of benzene rings is 1. The van der Waals surface area contributed by atoms with E-state index in [0.29, 0.717) is 0 Å². The number of nitrogens with zero attached hydrogens (tertiary/aromatic N) is 6. The van der Waals surface area contributed by atoms with E-state index < -0.39 is 0 Å². The van der Waals surface area contributed by atoms with E-state index in [2.05, 4.69) is 41.1 Å². The van der Waals surface area contributed by atoms with Crippen LogP contribution in [-0.2, 0) is 0 Å². The first-order valence-electron chi connectivity index (χ1n) is 11.1. The quantitative estimate of drug-likeness (QED) is 0.498. The second kappa shape index (κ2) is 8.24. The Hall–Kier alpha value is -3.45. The van der Waals surface area contributed by atoms with Gasteiger partial charge < -0.3 is 9.80 Å². The molecular weight excluding hydrogens is 400 g/mol. The van der Waals surface area contributed by atoms with Crippen molar-refractivity contribution in [1.82, 2.24) is 24.3 Å². The average Bonchev–Trinajstić information content (AvgIpc) is 3.19. The Balaban J connectivity index is 1.72. The van der Waals surface area contributed by atoms with E-state index >= 15 is 0 Å². The number of aromatic nitrogens is 4. The lowest BCUT2D eigenvalue weighted by Crippen LogP contribution is -2.44. The zero-order valence-electron chi connectivity index (χ0n) is 18.8. The standard InChI is InChI=1S/C25H28N6O/c1-18(2)31-23(32)10-9-21(26-31)24-22-17-20(29-15-13-28(3)14-16-29)11-12-30(22)27-25(24)19-7-5-4-6-8-19/h4-12,17-18H,13-16H2,1-3H3. The van der Waals surface area contributed by atoms with E-state index in [1.807, 2.05) is 48.8 Å². The van der Waals surface area contributed by atoms with Crippen LogP contribution < -0.4 is 10.5 Å². The molecule has 1 aliphatic heterocycles. The molecule has 3 aromatic heterocycles. The summed E-state index contributed by atoms with van der Waals surface area (Å²) in [7, 11) is 2.16. The second-order valence-corrected chi connectivity index (χ2v) is 8.69. The third-order valence-corrected chi connectivity index (χ3v) is 6.10. The van der Waals surface area contributed by atoms with Gasteiger partial charge in [0, 0.05) is 49.7 Å². The molecule has 1 saturated heterocycles. The van der Waals surface area contributed by atoms with Gasteiger partial charge in [0.2, 0.25) is 0 Å². The molecule has 1 fully saturated rings. The molecule has 32 heavy (non-hydrogen) atoms. The summed E-state index contributed by atoms with van der Waals surface area (Å²) < 4.78 is 3.46. The van der Waals surface area contributed by atoms with Crippen LogP contribution in [0.15, 0.2) is 65.6 Å². The first-order valence-corrected chi connectivity index (χ1v) is 11.1. The number of hydrogen-bond donors (Lipinski definition) is 0. The first-order chi connectivity index (χ1) is 15.5. The van der Waals surface area contributed by atoms with E-state index in [9.17, 15) is 4.79 Å². The van der Waals surface area contributed by atoms with Crippen LogP contribution in [0.1, 0.15) is 19.9 Å². The summed E-state index contributed by atoms with van der Waals surface area (Å²) in [5.41, 5.74) is 5.66. The zero-order chi connectivity index (χ0) is 22.2. The molecule has 1 aliphatic rings. The highest BCUT2D eigenvalue weighted by Gasteiger charge is 2.21. The summed E-state index contributed by atoms with van der Waals surface area (Å²) in [6.07, 6.45) is 2.03. The van der Waals surface area contributed by atoms with Crippen molar-refractivity contribution in [1.29, 1.82) is 0 Å². The molecule has 0 N–H and O–H groups in total. The molecule has 0 atom stereocenters. The zero-order valence-corrected chi connectivity index (χ0v) is 18.8. The Morgan fingerprint density at radius 2 is 1.66 bits per heavy atom. The predicted octanol–water partition coefficient (Wildman–Crippen LogP) is 3.56. The van der Waals surface area contributed by atoms with Gasteiger partial charge >= 0.3 is 0 Å². The molecule has 0 saturated carbocycles. The van der Waals surface area contributed by atoms with Crippen molar-refractivity contribution >= 4 is 11.2 Å². The lowest BCUT2D eigenvalue weighted by molar-refractivity contribution is 0.313. The van der Waals surface area contributed by atoms with Gasteiger partial charge in [-0.1, -0.05) is 30.3 Å². The van der Waals surface area contributed by atoms with Gasteiger partial charge in [-0.05, 0) is 39.1 Å². The van der Waals surface area contributed by atoms with Crippen LogP contribution in [0.25, 0.3) is 28.0 Å². The van der Waals surface area contributed by atoms with E-state index in [1.165, 1.54) is 10.4 Å². The molecule has 7 heteroatoms. The van der Waals surface area contributed by atoms with Crippen molar-refractivity contribution in [3.8, 4) is 22.5 Å². The minimum atomic E-state index is -0.0976. The number of hydrogen-bond acceptors (Lipinski definition) is 5. The van der Waals surface area contributed by atoms with Gasteiger partial charge in [-0.15, -0.1) is 0 Å². The molecule has 0 spiro atoms. The molecule has 0 amide bonds. The minimum Gasteiger partial charge on any atom is -0.369 e. The fourth-order valence-electron chi connectivity index (χ4n) is 4.28. The Kier molecular flexibility index (Phi) is 5.27. The third kappa shape index (κ3) is 3.69. The van der Waals surface area contributed by atoms with Gasteiger partial charge in [-0.3, -0.25) is 4.79 Å². The summed E-state index contributed by atoms with van der Waals surface area (Å²) in [5.74, 6) is 0. The summed E-state index contributed by atoms with van der Waals surface area (Å²) in [5, 5.41) is 9.65. The monoisotopic (exact) mass is 428 g/mol. The van der Waals surface area contributed by atoms with Crippen molar-refractivity contribution in [3.63, 3.8) is 0 Å². The molecule has 164 valence electrons. The fraction of sp³-hybridized carbons (Fsp3) is 0.320. The van der Waals surface area contributed by atoms with Gasteiger partial charge in [-0.2, -0.15) is 10.2 Å². The van der Waals surface area contributed by atoms with Gasteiger partial charge in [0.25, 0.3) is 5.56 Å². The Morgan fingerprint density at radius 1 is 0.906 bits per heavy atom. The highest BCUT2D eigenvalue weighted by atomic mass is 16.1. The highest BCUT2D eigenvalue weighted by Crippen LogP contribution is 2.35. The van der Waals surface area contributed by atoms with Crippen molar-refractivity contribution in [2.24, 2.45) is 0 Å². The van der Waals surface area contributed by atoms with Crippen LogP contribution in [0, 0.1) is 0 Å². The van der Waals surface area contributed by atoms with Crippen molar-refractivity contribution in [2.45, 2.75) is 19.9 Å². The molecular formula is C25H28N6O. The number of rotatable bonds is 4. The number of anilines is 1. The topological polar surface area (TPSA) is 58.7 Å². The van der Waals surface area contributed by atoms with Crippen LogP contribution in [0.2, 0.25) is 0 Å². The van der Waals surface area contributed by atoms with Crippen LogP contribution >= 0.6 is 0 Å². The summed E-state index contributed by atoms with van der Waals surface area (Å²) >= 11 is 0. The van der Waals surface area contributed by atoms with Gasteiger partial charge in [-0.25, -0.2) is 9.20 Å². The van der Waals surface area contributed by atoms with Gasteiger partial charge in [0.15, 0.2) is 0 Å². The number of pyridine rings is 1. The molecule has 4 heterocycles. The molecule has 5 rings (SSSR count). The minimum absolute atomic E-state index is 0.0228. The molecule has 0 bridgehead atoms. The maximum absolute atomic E-state index is 12.4. The van der Waals surface area contributed by atoms with Crippen LogP contribution in [-0.4, -0.2) is 57.5 Å². The van der Waals surface area contributed by atoms with E-state index in [-0.39, 0.29) is 11.6 Å². The molecule has 0 aliphatic carbocycles. The third-order valence-electron chi connectivity index (χ3n) is 6.10. The van der Waals surface area contributed by atoms with Crippen molar-refractivity contribution < 1.29 is 0 Å². The SMILES string of the molecule is CC(C)n1nc(-c2c(-c3ccccc3)nn3ccc(N4CCN(C)CC4)cc23)ccc1=O. The molecule has 4 aromatic rings. The van der Waals surface area contributed by atoms with Crippen LogP contribution in [0.3, 0.4) is 0 Å². The van der Waals surface area contributed by atoms with E-state index in [0.717, 1.165) is 54.2 Å². The summed E-state index contributed by atoms with van der Waals surface area (Å²) in [6.45, 7) is 8.03. The van der Waals surface area contributed by atoms with Crippen LogP contribution in [0.5, 0.6) is 0 Å². The second-order valence-electron chi connectivity index (χ2n) is 8.69. The normalized spacial score (nSPS) is 15.1. The largest absolute Gasteiger partial charge is 0.369 e. The maximum Gasteiger partial charge on any atom is 0.267 e. The summed E-state index contributed by atoms with van der Waals surface area (Å²) in [4.78, 5) is 17.1. The van der Waals surface area contributed by atoms with Gasteiger partial charge in [0.1, 0.15) is 5.69 Å². The van der Waals surface area contributed by atoms with Crippen molar-refractivity contribution in [2.75, 3.05) is 38.1 Å². The predicted molar refractivity (Wildman–Crippen MR) is 128 cm³/mol. The number of fused-ring (bicyclic) bond motifs is 1. The fourth-order valence-corrected chi connectivity index (χ4v) is 4.28. The highest BCUT2D eigenvalue weighted by molar-refractivity contribution is 5.91. The Labute approximate surface area is 187 Å².